The highest BCUT2D eigenvalue weighted by atomic mass is 32.2. The first kappa shape index (κ1) is 19.1. The van der Waals surface area contributed by atoms with E-state index in [4.69, 9.17) is 9.47 Å². The van der Waals surface area contributed by atoms with Crippen molar-refractivity contribution >= 4 is 15.9 Å². The molecular formula is C18H26N2O5S. The number of hydrogen-bond acceptors (Lipinski definition) is 5. The molecule has 1 fully saturated rings. The van der Waals surface area contributed by atoms with Crippen molar-refractivity contribution in [1.82, 2.24) is 9.21 Å². The molecule has 7 nitrogen and oxygen atoms in total. The molecule has 26 heavy (non-hydrogen) atoms. The fraction of sp³-hybridized carbons (Fsp3) is 0.611. The van der Waals surface area contributed by atoms with Gasteiger partial charge >= 0.3 is 0 Å². The average molecular weight is 382 g/mol. The predicted molar refractivity (Wildman–Crippen MR) is 96.5 cm³/mol. The van der Waals surface area contributed by atoms with Crippen LogP contribution in [0.5, 0.6) is 5.75 Å². The first-order valence-electron chi connectivity index (χ1n) is 9.12. The molecule has 1 saturated heterocycles. The number of carbonyl (C=O) groups is 1. The smallest absolute Gasteiger partial charge is 0.248 e. The molecule has 0 aliphatic carbocycles. The van der Waals surface area contributed by atoms with Gasteiger partial charge in [0.2, 0.25) is 15.9 Å². The number of para-hydroxylation sites is 1. The molecular weight excluding hydrogens is 356 g/mol. The van der Waals surface area contributed by atoms with Crippen LogP contribution in [0.15, 0.2) is 29.2 Å². The number of carbonyl (C=O) groups excluding carboxylic acids is 1. The summed E-state index contributed by atoms with van der Waals surface area (Å²) < 4.78 is 39.1. The van der Waals surface area contributed by atoms with Crippen molar-refractivity contribution in [2.45, 2.75) is 43.7 Å². The van der Waals surface area contributed by atoms with E-state index in [1.165, 1.54) is 4.31 Å². The Kier molecular flexibility index (Phi) is 5.84. The van der Waals surface area contributed by atoms with Crippen LogP contribution in [0.25, 0.3) is 0 Å². The van der Waals surface area contributed by atoms with E-state index in [0.717, 1.165) is 0 Å². The normalized spacial score (nSPS) is 25.4. The van der Waals surface area contributed by atoms with Gasteiger partial charge in [-0.05, 0) is 25.5 Å². The van der Waals surface area contributed by atoms with E-state index in [9.17, 15) is 13.2 Å². The van der Waals surface area contributed by atoms with Crippen molar-refractivity contribution in [1.29, 1.82) is 0 Å². The van der Waals surface area contributed by atoms with Crippen LogP contribution in [0.3, 0.4) is 0 Å². The van der Waals surface area contributed by atoms with Gasteiger partial charge in [0.1, 0.15) is 23.4 Å². The van der Waals surface area contributed by atoms with E-state index in [0.29, 0.717) is 44.8 Å². The maximum Gasteiger partial charge on any atom is 0.248 e. The minimum absolute atomic E-state index is 0.0605. The van der Waals surface area contributed by atoms with Gasteiger partial charge in [0.15, 0.2) is 0 Å². The van der Waals surface area contributed by atoms with Gasteiger partial charge < -0.3 is 14.4 Å². The Bertz CT molecular complexity index is 752. The van der Waals surface area contributed by atoms with Crippen molar-refractivity contribution < 1.29 is 22.7 Å². The Balaban J connectivity index is 1.88. The molecule has 1 aromatic rings. The molecule has 2 heterocycles. The Hall–Kier alpha value is -1.64. The Morgan fingerprint density at radius 2 is 1.96 bits per heavy atom. The average Bonchev–Trinajstić information content (AvgIpc) is 2.87. The summed E-state index contributed by atoms with van der Waals surface area (Å²) in [5.41, 5.74) is 0. The fourth-order valence-electron chi connectivity index (χ4n) is 3.69. The summed E-state index contributed by atoms with van der Waals surface area (Å²) in [5.74, 6) is 0.335. The third-order valence-corrected chi connectivity index (χ3v) is 7.03. The molecule has 2 aliphatic heterocycles. The lowest BCUT2D eigenvalue weighted by Gasteiger charge is -2.30. The summed E-state index contributed by atoms with van der Waals surface area (Å²) in [7, 11) is -3.63. The predicted octanol–water partition coefficient (Wildman–Crippen LogP) is 1.49. The number of likely N-dealkylation sites (tertiary alicyclic amines) is 1. The number of benzene rings is 1. The minimum Gasteiger partial charge on any atom is -0.487 e. The molecule has 0 aromatic heterocycles. The lowest BCUT2D eigenvalue weighted by atomic mass is 10.1. The monoisotopic (exact) mass is 382 g/mol. The molecule has 0 N–H and O–H groups in total. The first-order chi connectivity index (χ1) is 12.5. The maximum absolute atomic E-state index is 13.1. The van der Waals surface area contributed by atoms with Crippen molar-refractivity contribution in [2.24, 2.45) is 0 Å². The zero-order valence-corrected chi connectivity index (χ0v) is 16.1. The number of likely N-dealkylation sites (N-methyl/N-ethyl adjacent to an activating group) is 1. The van der Waals surface area contributed by atoms with Crippen LogP contribution in [0.4, 0.5) is 0 Å². The zero-order valence-electron chi connectivity index (χ0n) is 15.3. The van der Waals surface area contributed by atoms with Crippen molar-refractivity contribution in [2.75, 3.05) is 32.8 Å². The lowest BCUT2D eigenvalue weighted by molar-refractivity contribution is -0.136. The number of rotatable bonds is 4. The van der Waals surface area contributed by atoms with Crippen LogP contribution in [0.2, 0.25) is 0 Å². The van der Waals surface area contributed by atoms with Crippen LogP contribution in [0, 0.1) is 0 Å². The van der Waals surface area contributed by atoms with Crippen molar-refractivity contribution in [3.63, 3.8) is 0 Å². The Morgan fingerprint density at radius 1 is 1.23 bits per heavy atom. The van der Waals surface area contributed by atoms with Crippen LogP contribution < -0.4 is 4.74 Å². The van der Waals surface area contributed by atoms with Crippen molar-refractivity contribution in [3.05, 3.63) is 24.3 Å². The van der Waals surface area contributed by atoms with Gasteiger partial charge in [-0.15, -0.1) is 0 Å². The van der Waals surface area contributed by atoms with E-state index in [-0.39, 0.29) is 29.6 Å². The van der Waals surface area contributed by atoms with E-state index in [2.05, 4.69) is 0 Å². The molecule has 3 rings (SSSR count). The quantitative estimate of drug-likeness (QED) is 0.789. The SMILES string of the molecule is CCOCC(=O)N1CC[C@@H]2Oc3ccccc3S(=O)(=O)N(CC)[C@H]2CC1. The Morgan fingerprint density at radius 3 is 2.69 bits per heavy atom. The second kappa shape index (κ2) is 7.94. The molecule has 0 spiro atoms. The zero-order chi connectivity index (χ0) is 18.7. The van der Waals surface area contributed by atoms with Crippen LogP contribution in [0.1, 0.15) is 26.7 Å². The lowest BCUT2D eigenvalue weighted by Crippen LogP contribution is -2.47. The maximum atomic E-state index is 13.1. The molecule has 8 heteroatoms. The largest absolute Gasteiger partial charge is 0.487 e. The standard InChI is InChI=1S/C18H26N2O5S/c1-3-20-14-9-11-19(18(21)13-24-4-2)12-10-15(14)25-16-7-5-6-8-17(16)26(20,22)23/h5-8,14-15H,3-4,9-13H2,1-2H3/t14-,15-/m0/s1. The molecule has 1 aromatic carbocycles. The molecule has 0 radical (unpaired) electrons. The highest BCUT2D eigenvalue weighted by Gasteiger charge is 2.42. The van der Waals surface area contributed by atoms with Crippen LogP contribution in [-0.2, 0) is 19.6 Å². The number of fused-ring (bicyclic) bond motifs is 2. The molecule has 0 bridgehead atoms. The topological polar surface area (TPSA) is 76.1 Å². The summed E-state index contributed by atoms with van der Waals surface area (Å²) in [4.78, 5) is 14.3. The number of sulfonamides is 1. The number of amides is 1. The third-order valence-electron chi connectivity index (χ3n) is 4.99. The van der Waals surface area contributed by atoms with Gasteiger partial charge in [0, 0.05) is 32.7 Å². The van der Waals surface area contributed by atoms with Gasteiger partial charge in [0.25, 0.3) is 0 Å². The number of hydrogen-bond donors (Lipinski definition) is 0. The van der Waals surface area contributed by atoms with Crippen LogP contribution >= 0.6 is 0 Å². The summed E-state index contributed by atoms with van der Waals surface area (Å²) in [6.07, 6.45) is 0.852. The van der Waals surface area contributed by atoms with Crippen LogP contribution in [-0.4, -0.2) is 68.5 Å². The van der Waals surface area contributed by atoms with E-state index >= 15 is 0 Å². The van der Waals surface area contributed by atoms with E-state index in [1.807, 2.05) is 13.8 Å². The molecule has 2 aliphatic rings. The third kappa shape index (κ3) is 3.58. The van der Waals surface area contributed by atoms with E-state index < -0.39 is 10.0 Å². The number of ether oxygens (including phenoxy) is 2. The van der Waals surface area contributed by atoms with Crippen molar-refractivity contribution in [3.8, 4) is 5.75 Å². The molecule has 0 saturated carbocycles. The molecule has 1 amide bonds. The summed E-state index contributed by atoms with van der Waals surface area (Å²) in [6.45, 7) is 5.64. The fourth-order valence-corrected chi connectivity index (χ4v) is 5.50. The summed E-state index contributed by atoms with van der Waals surface area (Å²) in [6, 6.07) is 6.49. The van der Waals surface area contributed by atoms with Gasteiger partial charge in [-0.2, -0.15) is 4.31 Å². The minimum atomic E-state index is -3.63. The first-order valence-corrected chi connectivity index (χ1v) is 10.6. The second-order valence-electron chi connectivity index (χ2n) is 6.47. The van der Waals surface area contributed by atoms with Gasteiger partial charge in [-0.1, -0.05) is 19.1 Å². The summed E-state index contributed by atoms with van der Waals surface area (Å²) in [5, 5.41) is 0. The van der Waals surface area contributed by atoms with Gasteiger partial charge in [-0.25, -0.2) is 8.42 Å². The Labute approximate surface area is 154 Å². The van der Waals surface area contributed by atoms with Gasteiger partial charge in [-0.3, -0.25) is 4.79 Å². The highest BCUT2D eigenvalue weighted by Crippen LogP contribution is 2.36. The highest BCUT2D eigenvalue weighted by molar-refractivity contribution is 7.89. The number of nitrogens with zero attached hydrogens (tertiary/aromatic N) is 2. The summed E-state index contributed by atoms with van der Waals surface area (Å²) >= 11 is 0. The second-order valence-corrected chi connectivity index (χ2v) is 8.33. The van der Waals surface area contributed by atoms with Gasteiger partial charge in [0.05, 0.1) is 6.04 Å². The van der Waals surface area contributed by atoms with E-state index in [1.54, 1.807) is 29.2 Å². The molecule has 144 valence electrons. The molecule has 2 atom stereocenters. The molecule has 0 unspecified atom stereocenters.